The van der Waals surface area contributed by atoms with E-state index in [0.717, 1.165) is 11.6 Å². The number of nitrogens with zero attached hydrogens (tertiary/aromatic N) is 1. The van der Waals surface area contributed by atoms with Gasteiger partial charge in [-0.1, -0.05) is 42.5 Å². The molecule has 2 aromatic rings. The van der Waals surface area contributed by atoms with Crippen LogP contribution in [0.1, 0.15) is 21.8 Å². The zero-order valence-electron chi connectivity index (χ0n) is 14.0. The maximum absolute atomic E-state index is 12.8. The van der Waals surface area contributed by atoms with Gasteiger partial charge in [-0.25, -0.2) is 0 Å². The molecule has 1 aliphatic rings. The number of likely N-dealkylation sites (tertiary alicyclic amines) is 1. The van der Waals surface area contributed by atoms with Gasteiger partial charge in [0.2, 0.25) is 0 Å². The fraction of sp³-hybridized carbons (Fsp3) is 0.263. The van der Waals surface area contributed by atoms with Crippen LogP contribution in [-0.4, -0.2) is 41.3 Å². The molecular formula is C19H16F3NO4. The fourth-order valence-corrected chi connectivity index (χ4v) is 3.29. The number of carboxylic acids is 1. The van der Waals surface area contributed by atoms with Crippen molar-refractivity contribution in [2.45, 2.75) is 12.3 Å². The van der Waals surface area contributed by atoms with Crippen LogP contribution >= 0.6 is 0 Å². The number of alkyl halides is 3. The number of carbonyl (C=O) groups excluding carboxylic acids is 1. The number of carbonyl (C=O) groups is 2. The normalized spacial score (nSPS) is 19.7. The van der Waals surface area contributed by atoms with Crippen LogP contribution in [0.2, 0.25) is 0 Å². The van der Waals surface area contributed by atoms with Crippen LogP contribution in [0, 0.1) is 5.92 Å². The van der Waals surface area contributed by atoms with Crippen LogP contribution in [-0.2, 0) is 4.79 Å². The minimum Gasteiger partial charge on any atom is -0.481 e. The standard InChI is InChI=1S/C19H16F3NO4/c20-19(21,22)27-16-9-5-4-8-13(16)17(24)23-10-14(15(11-23)18(25)26)12-6-2-1-3-7-12/h1-9,14-15H,10-11H2,(H,25,26). The fourth-order valence-electron chi connectivity index (χ4n) is 3.29. The number of aliphatic carboxylic acids is 1. The monoisotopic (exact) mass is 379 g/mol. The molecule has 0 aromatic heterocycles. The third-order valence-corrected chi connectivity index (χ3v) is 4.50. The first-order valence-corrected chi connectivity index (χ1v) is 8.18. The second-order valence-corrected chi connectivity index (χ2v) is 6.22. The molecule has 1 heterocycles. The van der Waals surface area contributed by atoms with E-state index in [9.17, 15) is 27.9 Å². The molecule has 1 aliphatic heterocycles. The minimum absolute atomic E-state index is 0.0892. The predicted molar refractivity (Wildman–Crippen MR) is 89.3 cm³/mol. The summed E-state index contributed by atoms with van der Waals surface area (Å²) in [6.07, 6.45) is -4.93. The SMILES string of the molecule is O=C(O)C1CN(C(=O)c2ccccc2OC(F)(F)F)CC1c1ccccc1. The molecule has 0 spiro atoms. The number of ether oxygens (including phenoxy) is 1. The summed E-state index contributed by atoms with van der Waals surface area (Å²) in [5.41, 5.74) is 0.507. The Hall–Kier alpha value is -3.03. The molecule has 1 N–H and O–H groups in total. The summed E-state index contributed by atoms with van der Waals surface area (Å²) in [5, 5.41) is 9.51. The molecule has 0 saturated carbocycles. The molecule has 1 amide bonds. The van der Waals surface area contributed by atoms with Gasteiger partial charge in [-0.05, 0) is 17.7 Å². The number of para-hydroxylation sites is 1. The van der Waals surface area contributed by atoms with E-state index in [1.54, 1.807) is 30.3 Å². The van der Waals surface area contributed by atoms with Gasteiger partial charge in [-0.15, -0.1) is 13.2 Å². The zero-order valence-corrected chi connectivity index (χ0v) is 14.0. The summed E-state index contributed by atoms with van der Waals surface area (Å²) < 4.78 is 41.7. The Balaban J connectivity index is 1.87. The molecule has 2 aromatic carbocycles. The van der Waals surface area contributed by atoms with Crippen molar-refractivity contribution >= 4 is 11.9 Å². The Morgan fingerprint density at radius 3 is 2.26 bits per heavy atom. The topological polar surface area (TPSA) is 66.8 Å². The highest BCUT2D eigenvalue weighted by Crippen LogP contribution is 2.35. The van der Waals surface area contributed by atoms with Crippen molar-refractivity contribution in [2.75, 3.05) is 13.1 Å². The van der Waals surface area contributed by atoms with Crippen LogP contribution in [0.4, 0.5) is 13.2 Å². The number of amides is 1. The quantitative estimate of drug-likeness (QED) is 0.883. The van der Waals surface area contributed by atoms with Gasteiger partial charge in [0.25, 0.3) is 5.91 Å². The second kappa shape index (κ2) is 7.30. The number of halogens is 3. The Kier molecular flexibility index (Phi) is 5.07. The number of benzene rings is 2. The van der Waals surface area contributed by atoms with E-state index in [1.165, 1.54) is 23.1 Å². The van der Waals surface area contributed by atoms with Crippen molar-refractivity contribution in [3.05, 3.63) is 65.7 Å². The van der Waals surface area contributed by atoms with E-state index in [0.29, 0.717) is 0 Å². The first-order valence-electron chi connectivity index (χ1n) is 8.18. The van der Waals surface area contributed by atoms with Crippen molar-refractivity contribution in [3.63, 3.8) is 0 Å². The maximum Gasteiger partial charge on any atom is 0.573 e. The molecule has 2 atom stereocenters. The predicted octanol–water partition coefficient (Wildman–Crippen LogP) is 3.53. The Labute approximate surface area is 153 Å². The highest BCUT2D eigenvalue weighted by Gasteiger charge is 2.41. The van der Waals surface area contributed by atoms with E-state index in [-0.39, 0.29) is 18.7 Å². The van der Waals surface area contributed by atoms with E-state index < -0.39 is 35.8 Å². The van der Waals surface area contributed by atoms with Crippen molar-refractivity contribution in [2.24, 2.45) is 5.92 Å². The molecule has 3 rings (SSSR count). The molecular weight excluding hydrogens is 363 g/mol. The number of hydrogen-bond donors (Lipinski definition) is 1. The summed E-state index contributed by atoms with van der Waals surface area (Å²) in [4.78, 5) is 25.7. The highest BCUT2D eigenvalue weighted by atomic mass is 19.4. The second-order valence-electron chi connectivity index (χ2n) is 6.22. The number of hydrogen-bond acceptors (Lipinski definition) is 3. The lowest BCUT2D eigenvalue weighted by atomic mass is 9.89. The lowest BCUT2D eigenvalue weighted by Gasteiger charge is -2.19. The van der Waals surface area contributed by atoms with Crippen molar-refractivity contribution in [1.82, 2.24) is 4.90 Å². The average molecular weight is 379 g/mol. The van der Waals surface area contributed by atoms with Crippen molar-refractivity contribution in [3.8, 4) is 5.75 Å². The average Bonchev–Trinajstić information content (AvgIpc) is 3.07. The third-order valence-electron chi connectivity index (χ3n) is 4.50. The van der Waals surface area contributed by atoms with Gasteiger partial charge in [0.1, 0.15) is 5.75 Å². The first kappa shape index (κ1) is 18.8. The largest absolute Gasteiger partial charge is 0.573 e. The lowest BCUT2D eigenvalue weighted by molar-refractivity contribution is -0.274. The molecule has 0 aliphatic carbocycles. The summed E-state index contributed by atoms with van der Waals surface area (Å²) >= 11 is 0. The lowest BCUT2D eigenvalue weighted by Crippen LogP contribution is -2.31. The molecule has 5 nitrogen and oxygen atoms in total. The van der Waals surface area contributed by atoms with Gasteiger partial charge in [0.05, 0.1) is 11.5 Å². The van der Waals surface area contributed by atoms with Gasteiger partial charge in [-0.3, -0.25) is 9.59 Å². The molecule has 2 unspecified atom stereocenters. The third kappa shape index (κ3) is 4.21. The van der Waals surface area contributed by atoms with Crippen LogP contribution < -0.4 is 4.74 Å². The van der Waals surface area contributed by atoms with Crippen LogP contribution in [0.5, 0.6) is 5.75 Å². The van der Waals surface area contributed by atoms with Crippen LogP contribution in [0.15, 0.2) is 54.6 Å². The summed E-state index contributed by atoms with van der Waals surface area (Å²) in [6, 6.07) is 13.9. The van der Waals surface area contributed by atoms with Gasteiger partial charge < -0.3 is 14.7 Å². The molecule has 1 saturated heterocycles. The molecule has 27 heavy (non-hydrogen) atoms. The molecule has 0 radical (unpaired) electrons. The molecule has 1 fully saturated rings. The van der Waals surface area contributed by atoms with E-state index in [1.807, 2.05) is 0 Å². The Bertz CT molecular complexity index is 838. The van der Waals surface area contributed by atoms with Crippen LogP contribution in [0.25, 0.3) is 0 Å². The first-order chi connectivity index (χ1) is 12.8. The smallest absolute Gasteiger partial charge is 0.481 e. The highest BCUT2D eigenvalue weighted by molar-refractivity contribution is 5.97. The Morgan fingerprint density at radius 2 is 1.63 bits per heavy atom. The van der Waals surface area contributed by atoms with Gasteiger partial charge >= 0.3 is 12.3 Å². The van der Waals surface area contributed by atoms with Gasteiger partial charge in [0.15, 0.2) is 0 Å². The number of rotatable bonds is 4. The summed E-state index contributed by atoms with van der Waals surface area (Å²) in [5.74, 6) is -3.64. The van der Waals surface area contributed by atoms with E-state index in [4.69, 9.17) is 0 Å². The van der Waals surface area contributed by atoms with E-state index in [2.05, 4.69) is 4.74 Å². The molecule has 142 valence electrons. The minimum atomic E-state index is -4.93. The number of carboxylic acid groups (broad SMARTS) is 1. The summed E-state index contributed by atoms with van der Waals surface area (Å²) in [6.45, 7) is 0.00818. The van der Waals surface area contributed by atoms with Crippen LogP contribution in [0.3, 0.4) is 0 Å². The molecule has 8 heteroatoms. The zero-order chi connectivity index (χ0) is 19.6. The van der Waals surface area contributed by atoms with Crippen molar-refractivity contribution in [1.29, 1.82) is 0 Å². The Morgan fingerprint density at radius 1 is 1.00 bits per heavy atom. The van der Waals surface area contributed by atoms with Crippen molar-refractivity contribution < 1.29 is 32.6 Å². The maximum atomic E-state index is 12.8. The summed E-state index contributed by atoms with van der Waals surface area (Å²) in [7, 11) is 0. The van der Waals surface area contributed by atoms with E-state index >= 15 is 0 Å². The van der Waals surface area contributed by atoms with Gasteiger partial charge in [0, 0.05) is 19.0 Å². The van der Waals surface area contributed by atoms with Gasteiger partial charge in [-0.2, -0.15) is 0 Å². The molecule has 0 bridgehead atoms.